The molecule has 1 aromatic rings. The van der Waals surface area contributed by atoms with Crippen LogP contribution in [0.1, 0.15) is 48.5 Å². The zero-order valence-electron chi connectivity index (χ0n) is 10.7. The second kappa shape index (κ2) is 3.96. The zero-order chi connectivity index (χ0) is 14.6. The number of benzene rings is 1. The number of hydrogen-bond donors (Lipinski definition) is 1. The molecule has 0 aromatic heterocycles. The van der Waals surface area contributed by atoms with Gasteiger partial charge in [0.1, 0.15) is 0 Å². The molecule has 0 saturated heterocycles. The fourth-order valence-electron chi connectivity index (χ4n) is 2.19. The Kier molecular flexibility index (Phi) is 2.89. The van der Waals surface area contributed by atoms with Crippen molar-refractivity contribution in [2.24, 2.45) is 0 Å². The van der Waals surface area contributed by atoms with E-state index >= 15 is 0 Å². The fraction of sp³-hybridized carbons (Fsp3) is 0.462. The average Bonchev–Trinajstić information content (AvgIpc) is 2.49. The molecular weight excluding hydrogens is 259 g/mol. The van der Waals surface area contributed by atoms with Crippen LogP contribution in [0.3, 0.4) is 0 Å². The van der Waals surface area contributed by atoms with Gasteiger partial charge in [-0.25, -0.2) is 0 Å². The maximum absolute atomic E-state index is 12.6. The van der Waals surface area contributed by atoms with Crippen molar-refractivity contribution in [2.45, 2.75) is 38.7 Å². The van der Waals surface area contributed by atoms with Gasteiger partial charge in [-0.3, -0.25) is 4.79 Å². The summed E-state index contributed by atoms with van der Waals surface area (Å²) >= 11 is 0. The number of alkyl halides is 3. The highest BCUT2D eigenvalue weighted by molar-refractivity contribution is 5.99. The van der Waals surface area contributed by atoms with Crippen molar-refractivity contribution in [2.75, 3.05) is 0 Å². The molecule has 19 heavy (non-hydrogen) atoms. The Balaban J connectivity index is 2.52. The van der Waals surface area contributed by atoms with Crippen molar-refractivity contribution >= 4 is 5.91 Å². The van der Waals surface area contributed by atoms with E-state index in [1.165, 1.54) is 4.90 Å². The van der Waals surface area contributed by atoms with Gasteiger partial charge in [-0.1, -0.05) is 6.07 Å². The van der Waals surface area contributed by atoms with Crippen LogP contribution in [0.15, 0.2) is 18.2 Å². The molecule has 3 nitrogen and oxygen atoms in total. The summed E-state index contributed by atoms with van der Waals surface area (Å²) in [6.07, 6.45) is -5.71. The monoisotopic (exact) mass is 273 g/mol. The number of nitrogens with zero attached hydrogens (tertiary/aromatic N) is 1. The predicted molar refractivity (Wildman–Crippen MR) is 62.3 cm³/mol. The van der Waals surface area contributed by atoms with E-state index in [-0.39, 0.29) is 11.1 Å². The van der Waals surface area contributed by atoms with E-state index in [1.807, 2.05) is 0 Å². The lowest BCUT2D eigenvalue weighted by molar-refractivity contribution is -0.137. The van der Waals surface area contributed by atoms with E-state index in [0.29, 0.717) is 0 Å². The Morgan fingerprint density at radius 3 is 2.26 bits per heavy atom. The number of fused-ring (bicyclic) bond motifs is 1. The first-order valence-electron chi connectivity index (χ1n) is 5.76. The first kappa shape index (κ1) is 13.9. The van der Waals surface area contributed by atoms with Gasteiger partial charge in [-0.2, -0.15) is 13.2 Å². The van der Waals surface area contributed by atoms with Gasteiger partial charge in [0.25, 0.3) is 5.91 Å². The number of carbonyl (C=O) groups is 1. The number of halogens is 3. The lowest BCUT2D eigenvalue weighted by atomic mass is 10.1. The Morgan fingerprint density at radius 1 is 1.21 bits per heavy atom. The van der Waals surface area contributed by atoms with Crippen LogP contribution in [0.25, 0.3) is 0 Å². The summed E-state index contributed by atoms with van der Waals surface area (Å²) in [6.45, 7) is 5.14. The standard InChI is InChI=1S/C13H14F3NO2/c1-12(2,3)17-10(18)8-5-4-7(13(14,15)16)6-9(8)11(17)19/h4-6,10,18H,1-3H3/t10-/m1/s1. The number of carbonyl (C=O) groups excluding carboxylic acids is 1. The highest BCUT2D eigenvalue weighted by Gasteiger charge is 2.43. The molecule has 1 heterocycles. The topological polar surface area (TPSA) is 40.5 Å². The lowest BCUT2D eigenvalue weighted by Crippen LogP contribution is -2.43. The van der Waals surface area contributed by atoms with Crippen LogP contribution in [0, 0.1) is 0 Å². The third kappa shape index (κ3) is 2.20. The summed E-state index contributed by atoms with van der Waals surface area (Å²) in [5.41, 5.74) is -1.43. The largest absolute Gasteiger partial charge is 0.416 e. The summed E-state index contributed by atoms with van der Waals surface area (Å²) in [5.74, 6) is -0.582. The minimum absolute atomic E-state index is 0.0859. The van der Waals surface area contributed by atoms with E-state index in [9.17, 15) is 23.1 Å². The van der Waals surface area contributed by atoms with Gasteiger partial charge in [0.05, 0.1) is 5.56 Å². The summed E-state index contributed by atoms with van der Waals surface area (Å²) in [5, 5.41) is 10.1. The molecule has 1 aromatic carbocycles. The van der Waals surface area contributed by atoms with E-state index in [4.69, 9.17) is 0 Å². The van der Waals surface area contributed by atoms with Gasteiger partial charge in [0.15, 0.2) is 6.23 Å². The second-order valence-corrected chi connectivity index (χ2v) is 5.52. The third-order valence-corrected chi connectivity index (χ3v) is 3.08. The number of rotatable bonds is 0. The van der Waals surface area contributed by atoms with Gasteiger partial charge >= 0.3 is 6.18 Å². The van der Waals surface area contributed by atoms with Crippen LogP contribution in [0.2, 0.25) is 0 Å². The number of hydrogen-bond acceptors (Lipinski definition) is 2. The molecule has 6 heteroatoms. The van der Waals surface area contributed by atoms with E-state index in [0.717, 1.165) is 18.2 Å². The summed E-state index contributed by atoms with van der Waals surface area (Å²) < 4.78 is 37.9. The first-order chi connectivity index (χ1) is 8.53. The van der Waals surface area contributed by atoms with Crippen molar-refractivity contribution in [1.82, 2.24) is 4.90 Å². The van der Waals surface area contributed by atoms with E-state index in [1.54, 1.807) is 20.8 Å². The quantitative estimate of drug-likeness (QED) is 0.789. The van der Waals surface area contributed by atoms with Crippen LogP contribution < -0.4 is 0 Å². The third-order valence-electron chi connectivity index (χ3n) is 3.08. The Bertz CT molecular complexity index is 532. The molecule has 0 saturated carbocycles. The molecule has 1 aliphatic heterocycles. The van der Waals surface area contributed by atoms with Gasteiger partial charge in [0, 0.05) is 16.7 Å². The Labute approximate surface area is 108 Å². The number of amides is 1. The van der Waals surface area contributed by atoms with E-state index in [2.05, 4.69) is 0 Å². The van der Waals surface area contributed by atoms with Crippen molar-refractivity contribution in [1.29, 1.82) is 0 Å². The number of aliphatic hydroxyl groups is 1. The highest BCUT2D eigenvalue weighted by Crippen LogP contribution is 2.39. The number of aliphatic hydroxyl groups excluding tert-OH is 1. The fourth-order valence-corrected chi connectivity index (χ4v) is 2.19. The van der Waals surface area contributed by atoms with E-state index < -0.39 is 29.4 Å². The van der Waals surface area contributed by atoms with Crippen LogP contribution in [-0.2, 0) is 6.18 Å². The Morgan fingerprint density at radius 2 is 1.79 bits per heavy atom. The Hall–Kier alpha value is -1.56. The van der Waals surface area contributed by atoms with Gasteiger partial charge in [-0.15, -0.1) is 0 Å². The SMILES string of the molecule is CC(C)(C)N1C(=O)c2cc(C(F)(F)F)ccc2[C@H]1O. The molecule has 1 atom stereocenters. The smallest absolute Gasteiger partial charge is 0.369 e. The molecule has 0 spiro atoms. The summed E-state index contributed by atoms with van der Waals surface area (Å²) in [7, 11) is 0. The summed E-state index contributed by atoms with van der Waals surface area (Å²) in [4.78, 5) is 13.3. The predicted octanol–water partition coefficient (Wildman–Crippen LogP) is 2.95. The molecule has 0 radical (unpaired) electrons. The molecule has 1 aliphatic rings. The van der Waals surface area contributed by atoms with Crippen molar-refractivity contribution in [3.05, 3.63) is 34.9 Å². The highest BCUT2D eigenvalue weighted by atomic mass is 19.4. The molecule has 1 N–H and O–H groups in total. The molecule has 0 unspecified atom stereocenters. The minimum atomic E-state index is -4.50. The first-order valence-corrected chi connectivity index (χ1v) is 5.76. The lowest BCUT2D eigenvalue weighted by Gasteiger charge is -2.34. The molecule has 104 valence electrons. The van der Waals surface area contributed by atoms with Crippen molar-refractivity contribution < 1.29 is 23.1 Å². The molecule has 0 aliphatic carbocycles. The van der Waals surface area contributed by atoms with Gasteiger partial charge in [-0.05, 0) is 32.9 Å². The van der Waals surface area contributed by atoms with Crippen LogP contribution in [0.5, 0.6) is 0 Å². The molecular formula is C13H14F3NO2. The van der Waals surface area contributed by atoms with Crippen LogP contribution in [-0.4, -0.2) is 21.5 Å². The normalized spacial score (nSPS) is 19.8. The molecule has 1 amide bonds. The van der Waals surface area contributed by atoms with Crippen LogP contribution in [0.4, 0.5) is 13.2 Å². The summed E-state index contributed by atoms with van der Waals surface area (Å²) in [6, 6.07) is 2.83. The van der Waals surface area contributed by atoms with Crippen molar-refractivity contribution in [3.8, 4) is 0 Å². The maximum Gasteiger partial charge on any atom is 0.416 e. The molecule has 2 rings (SSSR count). The second-order valence-electron chi connectivity index (χ2n) is 5.52. The maximum atomic E-state index is 12.6. The molecule has 0 fully saturated rings. The average molecular weight is 273 g/mol. The van der Waals surface area contributed by atoms with Gasteiger partial charge < -0.3 is 10.0 Å². The minimum Gasteiger partial charge on any atom is -0.369 e. The molecule has 0 bridgehead atoms. The van der Waals surface area contributed by atoms with Crippen LogP contribution >= 0.6 is 0 Å². The van der Waals surface area contributed by atoms with Gasteiger partial charge in [0.2, 0.25) is 0 Å². The zero-order valence-corrected chi connectivity index (χ0v) is 10.7. The van der Waals surface area contributed by atoms with Crippen molar-refractivity contribution in [3.63, 3.8) is 0 Å².